The Labute approximate surface area is 121 Å². The topological polar surface area (TPSA) is 101 Å². The summed E-state index contributed by atoms with van der Waals surface area (Å²) in [5.74, 6) is 0. The van der Waals surface area contributed by atoms with E-state index < -0.39 is 10.4 Å². The van der Waals surface area contributed by atoms with Gasteiger partial charge in [-0.25, -0.2) is 0 Å². The lowest BCUT2D eigenvalue weighted by Crippen LogP contribution is -2.48. The Morgan fingerprint density at radius 3 is 1.80 bits per heavy atom. The molecule has 0 heterocycles. The van der Waals surface area contributed by atoms with Crippen molar-refractivity contribution in [2.24, 2.45) is 0 Å². The summed E-state index contributed by atoms with van der Waals surface area (Å²) in [4.78, 5) is 0. The maximum absolute atomic E-state index is 8.74. The van der Waals surface area contributed by atoms with Crippen LogP contribution in [0.5, 0.6) is 0 Å². The van der Waals surface area contributed by atoms with E-state index in [1.165, 1.54) is 11.3 Å². The van der Waals surface area contributed by atoms with Gasteiger partial charge in [-0.15, -0.1) is 0 Å². The zero-order chi connectivity index (χ0) is 16.0. The highest BCUT2D eigenvalue weighted by Gasteiger charge is 2.24. The van der Waals surface area contributed by atoms with Gasteiger partial charge in [0.2, 0.25) is 0 Å². The second kappa shape index (κ2) is 7.58. The van der Waals surface area contributed by atoms with Crippen molar-refractivity contribution < 1.29 is 17.5 Å². The third kappa shape index (κ3) is 5.87. The Morgan fingerprint density at radius 1 is 1.10 bits per heavy atom. The SMILES string of the molecule is CC[N+](CC)(CC)c1ccc(N)c(C)c1.O=S(=O)(O)O. The lowest BCUT2D eigenvalue weighted by molar-refractivity contribution is 0.316. The summed E-state index contributed by atoms with van der Waals surface area (Å²) >= 11 is 0. The molecule has 1 aromatic rings. The van der Waals surface area contributed by atoms with E-state index in [0.717, 1.165) is 29.8 Å². The largest absolute Gasteiger partial charge is 0.399 e. The van der Waals surface area contributed by atoms with Crippen molar-refractivity contribution in [2.45, 2.75) is 27.7 Å². The van der Waals surface area contributed by atoms with E-state index in [1.807, 2.05) is 6.07 Å². The number of benzene rings is 1. The highest BCUT2D eigenvalue weighted by atomic mass is 32.3. The molecule has 0 aromatic heterocycles. The Bertz CT molecular complexity index is 509. The van der Waals surface area contributed by atoms with Gasteiger partial charge >= 0.3 is 10.4 Å². The standard InChI is InChI=1S/C13H23N2.H2O4S/c1-5-15(6-2,7-3)12-8-9-13(14)11(4)10-12;1-5(2,3)4/h8-10H,5-7,14H2,1-4H3;(H2,1,2,3,4)/q+1;. The van der Waals surface area contributed by atoms with Gasteiger partial charge in [-0.3, -0.25) is 13.6 Å². The minimum Gasteiger partial charge on any atom is -0.399 e. The summed E-state index contributed by atoms with van der Waals surface area (Å²) < 4.78 is 32.6. The molecule has 1 rings (SSSR count). The summed E-state index contributed by atoms with van der Waals surface area (Å²) in [5.41, 5.74) is 9.31. The molecule has 0 atom stereocenters. The van der Waals surface area contributed by atoms with Crippen LogP contribution in [-0.2, 0) is 10.4 Å². The van der Waals surface area contributed by atoms with E-state index in [4.69, 9.17) is 23.3 Å². The van der Waals surface area contributed by atoms with E-state index >= 15 is 0 Å². The molecule has 0 radical (unpaired) electrons. The smallest absolute Gasteiger partial charge is 0.394 e. The Kier molecular flexibility index (Phi) is 7.15. The van der Waals surface area contributed by atoms with E-state index in [-0.39, 0.29) is 0 Å². The minimum atomic E-state index is -4.67. The van der Waals surface area contributed by atoms with Gasteiger partial charge < -0.3 is 5.73 Å². The molecule has 0 spiro atoms. The first-order chi connectivity index (χ1) is 9.09. The number of hydrogen-bond donors (Lipinski definition) is 3. The number of hydrogen-bond acceptors (Lipinski definition) is 3. The average Bonchev–Trinajstić information content (AvgIpc) is 2.34. The molecule has 7 heteroatoms. The maximum Gasteiger partial charge on any atom is 0.394 e. The zero-order valence-corrected chi connectivity index (χ0v) is 13.3. The quantitative estimate of drug-likeness (QED) is 0.450. The van der Waals surface area contributed by atoms with Gasteiger partial charge in [-0.05, 0) is 39.3 Å². The molecule has 0 aliphatic rings. The molecule has 0 aliphatic carbocycles. The van der Waals surface area contributed by atoms with Gasteiger partial charge in [0.25, 0.3) is 0 Å². The Balaban J connectivity index is 0.000000621. The molecule has 4 N–H and O–H groups in total. The van der Waals surface area contributed by atoms with Crippen LogP contribution in [-0.4, -0.2) is 37.2 Å². The molecule has 6 nitrogen and oxygen atoms in total. The number of rotatable bonds is 4. The normalized spacial score (nSPS) is 11.7. The van der Waals surface area contributed by atoms with Crippen molar-refractivity contribution in [3.8, 4) is 0 Å². The minimum absolute atomic E-state index is 0.889. The van der Waals surface area contributed by atoms with Crippen molar-refractivity contribution in [1.82, 2.24) is 4.48 Å². The Hall–Kier alpha value is -1.15. The van der Waals surface area contributed by atoms with E-state index in [1.54, 1.807) is 0 Å². The van der Waals surface area contributed by atoms with Gasteiger partial charge in [0.1, 0.15) is 5.69 Å². The fourth-order valence-electron chi connectivity index (χ4n) is 2.17. The molecule has 20 heavy (non-hydrogen) atoms. The lowest BCUT2D eigenvalue weighted by Gasteiger charge is -2.35. The number of nitrogens with zero attached hydrogens (tertiary/aromatic N) is 1. The second-order valence-electron chi connectivity index (χ2n) is 4.58. The van der Waals surface area contributed by atoms with Crippen LogP contribution >= 0.6 is 0 Å². The average molecular weight is 305 g/mol. The van der Waals surface area contributed by atoms with E-state index in [9.17, 15) is 0 Å². The molecule has 116 valence electrons. The summed E-state index contributed by atoms with van der Waals surface area (Å²) in [6, 6.07) is 6.42. The highest BCUT2D eigenvalue weighted by molar-refractivity contribution is 7.79. The first-order valence-corrected chi connectivity index (χ1v) is 7.92. The fourth-order valence-corrected chi connectivity index (χ4v) is 2.17. The number of nitrogen functional groups attached to an aromatic ring is 1. The molecule has 1 aromatic carbocycles. The molecule has 0 saturated heterocycles. The van der Waals surface area contributed by atoms with Crippen LogP contribution in [0.3, 0.4) is 0 Å². The van der Waals surface area contributed by atoms with Crippen molar-refractivity contribution >= 4 is 21.8 Å². The Morgan fingerprint density at radius 2 is 1.50 bits per heavy atom. The number of quaternary nitrogens is 1. The van der Waals surface area contributed by atoms with Gasteiger partial charge in [-0.1, -0.05) is 0 Å². The van der Waals surface area contributed by atoms with Crippen LogP contribution in [0.4, 0.5) is 11.4 Å². The van der Waals surface area contributed by atoms with Crippen molar-refractivity contribution in [1.29, 1.82) is 0 Å². The first kappa shape index (κ1) is 18.9. The molecular formula is C13H25N2O4S+. The predicted molar refractivity (Wildman–Crippen MR) is 83.2 cm³/mol. The molecule has 0 unspecified atom stereocenters. The predicted octanol–water partition coefficient (Wildman–Crippen LogP) is 2.29. The molecule has 0 aliphatic heterocycles. The van der Waals surface area contributed by atoms with Crippen molar-refractivity contribution in [3.63, 3.8) is 0 Å². The molecule has 0 saturated carbocycles. The second-order valence-corrected chi connectivity index (χ2v) is 5.48. The van der Waals surface area contributed by atoms with Crippen LogP contribution in [0.1, 0.15) is 26.3 Å². The van der Waals surface area contributed by atoms with E-state index in [2.05, 4.69) is 39.8 Å². The van der Waals surface area contributed by atoms with Gasteiger partial charge in [0.15, 0.2) is 0 Å². The van der Waals surface area contributed by atoms with Crippen LogP contribution in [0, 0.1) is 6.92 Å². The number of nitrogens with two attached hydrogens (primary N) is 1. The maximum atomic E-state index is 8.74. The summed E-state index contributed by atoms with van der Waals surface area (Å²) in [5, 5.41) is 0. The summed E-state index contributed by atoms with van der Waals surface area (Å²) in [6.07, 6.45) is 0. The van der Waals surface area contributed by atoms with Gasteiger partial charge in [0.05, 0.1) is 19.6 Å². The van der Waals surface area contributed by atoms with Crippen molar-refractivity contribution in [2.75, 3.05) is 25.4 Å². The summed E-state index contributed by atoms with van der Waals surface area (Å²) in [6.45, 7) is 12.2. The van der Waals surface area contributed by atoms with Gasteiger partial charge in [0, 0.05) is 17.8 Å². The third-order valence-electron chi connectivity index (χ3n) is 3.62. The number of anilines is 1. The fraction of sp³-hybridized carbons (Fsp3) is 0.538. The zero-order valence-electron chi connectivity index (χ0n) is 12.5. The van der Waals surface area contributed by atoms with Crippen LogP contribution < -0.4 is 10.2 Å². The molecule has 0 amide bonds. The first-order valence-electron chi connectivity index (χ1n) is 6.52. The van der Waals surface area contributed by atoms with Crippen LogP contribution in [0.2, 0.25) is 0 Å². The monoisotopic (exact) mass is 305 g/mol. The molecular weight excluding hydrogens is 280 g/mol. The lowest BCUT2D eigenvalue weighted by atomic mass is 10.1. The van der Waals surface area contributed by atoms with Crippen molar-refractivity contribution in [3.05, 3.63) is 23.8 Å². The van der Waals surface area contributed by atoms with Crippen LogP contribution in [0.15, 0.2) is 18.2 Å². The summed E-state index contributed by atoms with van der Waals surface area (Å²) in [7, 11) is -4.67. The molecule has 0 fully saturated rings. The molecule has 0 bridgehead atoms. The number of aryl methyl sites for hydroxylation is 1. The van der Waals surface area contributed by atoms with E-state index in [0.29, 0.717) is 0 Å². The third-order valence-corrected chi connectivity index (χ3v) is 3.62. The van der Waals surface area contributed by atoms with Crippen LogP contribution in [0.25, 0.3) is 0 Å². The highest BCUT2D eigenvalue weighted by Crippen LogP contribution is 2.26. The van der Waals surface area contributed by atoms with Gasteiger partial charge in [-0.2, -0.15) is 8.42 Å².